The number of ether oxygens (including phenoxy) is 1. The van der Waals surface area contributed by atoms with E-state index in [1.165, 1.54) is 13.2 Å². The fourth-order valence-corrected chi connectivity index (χ4v) is 3.72. The molecule has 0 rings (SSSR count). The zero-order chi connectivity index (χ0) is 19.4. The molecule has 0 aliphatic rings. The third kappa shape index (κ3) is 7.21. The summed E-state index contributed by atoms with van der Waals surface area (Å²) in [6.07, 6.45) is 2.98. The van der Waals surface area contributed by atoms with Crippen LogP contribution < -0.4 is 0 Å². The Balaban J connectivity index is 5.23. The molecule has 142 valence electrons. The lowest BCUT2D eigenvalue weighted by atomic mass is 10.2. The molecular weight excluding hydrogens is 336 g/mol. The van der Waals surface area contributed by atoms with Crippen LogP contribution in [0.15, 0.2) is 12.2 Å². The first kappa shape index (κ1) is 23.6. The molecule has 1 atom stereocenters. The van der Waals surface area contributed by atoms with Crippen LogP contribution in [-0.2, 0) is 18.4 Å². The van der Waals surface area contributed by atoms with Gasteiger partial charge in [0.05, 0.1) is 19.8 Å². The highest BCUT2D eigenvalue weighted by molar-refractivity contribution is 6.74. The van der Waals surface area contributed by atoms with Crippen molar-refractivity contribution in [2.75, 3.05) is 13.7 Å². The van der Waals surface area contributed by atoms with Crippen molar-refractivity contribution in [2.24, 2.45) is 0 Å². The van der Waals surface area contributed by atoms with E-state index in [9.17, 15) is 4.79 Å². The molecule has 0 bridgehead atoms. The zero-order valence-corrected chi connectivity index (χ0v) is 19.6. The molecule has 0 radical (unpaired) electrons. The average molecular weight is 375 g/mol. The Morgan fingerprint density at radius 2 is 1.42 bits per heavy atom. The van der Waals surface area contributed by atoms with Gasteiger partial charge in [-0.25, -0.2) is 4.79 Å². The molecule has 6 heteroatoms. The highest BCUT2D eigenvalue weighted by atomic mass is 28.4. The summed E-state index contributed by atoms with van der Waals surface area (Å²) in [5.74, 6) is -0.369. The smallest absolute Gasteiger partial charge is 0.330 e. The van der Waals surface area contributed by atoms with E-state index in [0.29, 0.717) is 6.61 Å². The predicted molar refractivity (Wildman–Crippen MR) is 106 cm³/mol. The van der Waals surface area contributed by atoms with Gasteiger partial charge >= 0.3 is 5.97 Å². The minimum Gasteiger partial charge on any atom is -0.466 e. The normalized spacial score (nSPS) is 15.6. The summed E-state index contributed by atoms with van der Waals surface area (Å²) < 4.78 is 17.5. The second kappa shape index (κ2) is 8.30. The number of rotatable bonds is 7. The number of esters is 1. The Bertz CT molecular complexity index is 443. The summed E-state index contributed by atoms with van der Waals surface area (Å²) in [6, 6.07) is 0. The molecule has 0 aliphatic heterocycles. The second-order valence-corrected chi connectivity index (χ2v) is 18.9. The Hall–Kier alpha value is -0.436. The molecule has 0 spiro atoms. The summed E-state index contributed by atoms with van der Waals surface area (Å²) in [5, 5.41) is 0.238. The van der Waals surface area contributed by atoms with E-state index in [1.54, 1.807) is 6.08 Å². The fourth-order valence-electron chi connectivity index (χ4n) is 1.44. The number of carbonyl (C=O) groups excluding carboxylic acids is 1. The molecule has 0 aromatic heterocycles. The van der Waals surface area contributed by atoms with Crippen molar-refractivity contribution in [1.82, 2.24) is 0 Å². The highest BCUT2D eigenvalue weighted by Crippen LogP contribution is 2.39. The van der Waals surface area contributed by atoms with E-state index in [1.807, 2.05) is 0 Å². The summed E-state index contributed by atoms with van der Waals surface area (Å²) in [4.78, 5) is 11.5. The van der Waals surface area contributed by atoms with Crippen LogP contribution in [0.2, 0.25) is 36.3 Å². The van der Waals surface area contributed by atoms with Gasteiger partial charge in [0.25, 0.3) is 0 Å². The van der Waals surface area contributed by atoms with Crippen molar-refractivity contribution in [3.8, 4) is 0 Å². The first-order valence-electron chi connectivity index (χ1n) is 8.61. The van der Waals surface area contributed by atoms with Crippen LogP contribution in [0.3, 0.4) is 0 Å². The van der Waals surface area contributed by atoms with Gasteiger partial charge in [-0.1, -0.05) is 41.5 Å². The van der Waals surface area contributed by atoms with Gasteiger partial charge in [0, 0.05) is 6.08 Å². The minimum atomic E-state index is -1.96. The van der Waals surface area contributed by atoms with E-state index in [0.717, 1.165) is 0 Å². The third-order valence-electron chi connectivity index (χ3n) is 5.31. The standard InChI is InChI=1S/C18H38O4Si2/c1-17(2,3)23(8,9)21-14-15(12-13-16(19)20-7)22-24(10,11)18(4,5)6/h12-13,15H,14H2,1-11H3/t15-/m0/s1. The lowest BCUT2D eigenvalue weighted by Gasteiger charge is -2.41. The van der Waals surface area contributed by atoms with E-state index in [4.69, 9.17) is 13.6 Å². The van der Waals surface area contributed by atoms with E-state index >= 15 is 0 Å². The van der Waals surface area contributed by atoms with Crippen molar-refractivity contribution in [3.63, 3.8) is 0 Å². The molecule has 0 unspecified atom stereocenters. The number of hydrogen-bond acceptors (Lipinski definition) is 4. The Labute approximate surface area is 151 Å². The van der Waals surface area contributed by atoms with Crippen molar-refractivity contribution >= 4 is 22.6 Å². The number of carbonyl (C=O) groups is 1. The lowest BCUT2D eigenvalue weighted by Crippen LogP contribution is -2.47. The Morgan fingerprint density at radius 3 is 1.79 bits per heavy atom. The maximum Gasteiger partial charge on any atom is 0.330 e. The molecule has 0 saturated carbocycles. The van der Waals surface area contributed by atoms with Crippen LogP contribution in [0.4, 0.5) is 0 Å². The molecule has 0 aromatic rings. The van der Waals surface area contributed by atoms with Crippen molar-refractivity contribution < 1.29 is 18.4 Å². The van der Waals surface area contributed by atoms with Gasteiger partial charge < -0.3 is 13.6 Å². The summed E-state index contributed by atoms with van der Waals surface area (Å²) in [6.45, 7) is 22.6. The first-order chi connectivity index (χ1) is 10.5. The summed E-state index contributed by atoms with van der Waals surface area (Å²) >= 11 is 0. The molecule has 0 saturated heterocycles. The number of hydrogen-bond donors (Lipinski definition) is 0. The van der Waals surface area contributed by atoms with Crippen LogP contribution in [0.1, 0.15) is 41.5 Å². The monoisotopic (exact) mass is 374 g/mol. The maximum absolute atomic E-state index is 11.5. The molecule has 4 nitrogen and oxygen atoms in total. The molecule has 0 aliphatic carbocycles. The fraction of sp³-hybridized carbons (Fsp3) is 0.833. The lowest BCUT2D eigenvalue weighted by molar-refractivity contribution is -0.134. The van der Waals surface area contributed by atoms with Gasteiger partial charge in [0.1, 0.15) is 0 Å². The van der Waals surface area contributed by atoms with E-state index in [2.05, 4.69) is 67.7 Å². The van der Waals surface area contributed by atoms with Crippen LogP contribution in [-0.4, -0.2) is 42.4 Å². The summed E-state index contributed by atoms with van der Waals surface area (Å²) in [7, 11) is -2.45. The van der Waals surface area contributed by atoms with Gasteiger partial charge in [-0.3, -0.25) is 0 Å². The summed E-state index contributed by atoms with van der Waals surface area (Å²) in [5.41, 5.74) is 0. The van der Waals surface area contributed by atoms with Gasteiger partial charge in [0.15, 0.2) is 16.6 Å². The Kier molecular flexibility index (Phi) is 8.14. The molecule has 0 amide bonds. The van der Waals surface area contributed by atoms with Gasteiger partial charge in [-0.15, -0.1) is 0 Å². The molecule has 0 fully saturated rings. The molecular formula is C18H38O4Si2. The van der Waals surface area contributed by atoms with Gasteiger partial charge in [-0.05, 0) is 42.3 Å². The first-order valence-corrected chi connectivity index (χ1v) is 14.4. The molecule has 24 heavy (non-hydrogen) atoms. The van der Waals surface area contributed by atoms with Gasteiger partial charge in [-0.2, -0.15) is 0 Å². The van der Waals surface area contributed by atoms with Crippen molar-refractivity contribution in [1.29, 1.82) is 0 Å². The SMILES string of the molecule is COC(=O)C=C[C@@H](CO[Si](C)(C)C(C)(C)C)O[Si](C)(C)C(C)(C)C. The minimum absolute atomic E-state index is 0.0985. The van der Waals surface area contributed by atoms with Crippen LogP contribution >= 0.6 is 0 Å². The maximum atomic E-state index is 11.5. The highest BCUT2D eigenvalue weighted by Gasteiger charge is 2.41. The molecule has 0 aromatic carbocycles. The largest absolute Gasteiger partial charge is 0.466 e. The van der Waals surface area contributed by atoms with E-state index in [-0.39, 0.29) is 22.1 Å². The Morgan fingerprint density at radius 1 is 0.958 bits per heavy atom. The van der Waals surface area contributed by atoms with E-state index < -0.39 is 16.6 Å². The van der Waals surface area contributed by atoms with Gasteiger partial charge in [0.2, 0.25) is 0 Å². The van der Waals surface area contributed by atoms with Crippen LogP contribution in [0.25, 0.3) is 0 Å². The topological polar surface area (TPSA) is 44.8 Å². The van der Waals surface area contributed by atoms with Crippen molar-refractivity contribution in [2.45, 2.75) is 83.9 Å². The quantitative estimate of drug-likeness (QED) is 0.352. The van der Waals surface area contributed by atoms with Crippen molar-refractivity contribution in [3.05, 3.63) is 12.2 Å². The second-order valence-electron chi connectivity index (χ2n) is 9.37. The number of methoxy groups -OCH3 is 1. The molecule has 0 heterocycles. The molecule has 0 N–H and O–H groups in total. The van der Waals surface area contributed by atoms with Crippen LogP contribution in [0.5, 0.6) is 0 Å². The third-order valence-corrected chi connectivity index (χ3v) is 14.3. The van der Waals surface area contributed by atoms with Crippen LogP contribution in [0, 0.1) is 0 Å². The average Bonchev–Trinajstić information content (AvgIpc) is 2.38. The predicted octanol–water partition coefficient (Wildman–Crippen LogP) is 5.13. The zero-order valence-electron chi connectivity index (χ0n) is 17.6.